The fourth-order valence-electron chi connectivity index (χ4n) is 16.0. The van der Waals surface area contributed by atoms with Crippen molar-refractivity contribution in [2.75, 3.05) is 0 Å². The van der Waals surface area contributed by atoms with Crippen LogP contribution in [-0.2, 0) is 66.7 Å². The molecular formula is C57H93NaO28S. The van der Waals surface area contributed by atoms with Crippen LogP contribution < -0.4 is 29.6 Å². The van der Waals surface area contributed by atoms with Gasteiger partial charge in [-0.3, -0.25) is 8.98 Å². The van der Waals surface area contributed by atoms with E-state index in [1.54, 1.807) is 6.92 Å². The van der Waals surface area contributed by atoms with E-state index in [9.17, 15) is 84.1 Å². The Hall–Kier alpha value is -0.640. The van der Waals surface area contributed by atoms with Crippen LogP contribution in [0.3, 0.4) is 0 Å². The Kier molecular flexibility index (Phi) is 22.6. The molecule has 9 aliphatic rings. The molecule has 0 aromatic heterocycles. The normalized spacial score (nSPS) is 50.8. The SMILES string of the molecule is CC(C)CC(=O)C[C@](C)(O)C1CCC2C3C[C@H](OC4OC(C)C(O)(O)C(OC5OC(C)C(OC6OC(C)C(O)C(O)C6OC6OC(C)C(O)C(O)C6O)C(O)C5OC5OC(C)C(O)C(O)C5O)C4O)[C@H]4CC(OS(=O)(=O)[O-])CCC4(C)C3=CCC21C.[Na+]. The molecule has 0 aromatic rings. The van der Waals surface area contributed by atoms with Crippen molar-refractivity contribution in [1.82, 2.24) is 0 Å². The molecule has 5 heterocycles. The molecule has 0 aromatic carbocycles. The van der Waals surface area contributed by atoms with Crippen molar-refractivity contribution in [2.45, 2.75) is 298 Å². The summed E-state index contributed by atoms with van der Waals surface area (Å²) in [4.78, 5) is 13.2. The summed E-state index contributed by atoms with van der Waals surface area (Å²) in [6, 6.07) is 0. The molecule has 87 heavy (non-hydrogen) atoms. The Morgan fingerprint density at radius 3 is 1.71 bits per heavy atom. The van der Waals surface area contributed by atoms with Crippen LogP contribution in [0.2, 0.25) is 0 Å². The fourth-order valence-corrected chi connectivity index (χ4v) is 16.5. The number of carbonyl (C=O) groups is 1. The fraction of sp³-hybridized carbons (Fsp3) is 0.947. The minimum atomic E-state index is -5.16. The van der Waals surface area contributed by atoms with Crippen LogP contribution in [0.25, 0.3) is 0 Å². The molecule has 5 aliphatic heterocycles. The Morgan fingerprint density at radius 2 is 1.15 bits per heavy atom. The van der Waals surface area contributed by atoms with Gasteiger partial charge in [0.15, 0.2) is 31.5 Å². The molecule has 3 saturated carbocycles. The molecule has 30 heteroatoms. The Morgan fingerprint density at radius 1 is 0.644 bits per heavy atom. The molecule has 496 valence electrons. The van der Waals surface area contributed by atoms with Crippen molar-refractivity contribution in [3.8, 4) is 0 Å². The molecule has 33 atom stereocenters. The number of Topliss-reactive ketones (excluding diaryl/α,β-unsaturated/α-hetero) is 1. The van der Waals surface area contributed by atoms with Gasteiger partial charge in [-0.2, -0.15) is 0 Å². The van der Waals surface area contributed by atoms with Crippen molar-refractivity contribution < 1.29 is 165 Å². The van der Waals surface area contributed by atoms with Crippen LogP contribution in [-0.4, -0.2) is 256 Å². The number of hydrogen-bond donors (Lipinski definition) is 13. The monoisotopic (exact) mass is 1280 g/mol. The van der Waals surface area contributed by atoms with Crippen molar-refractivity contribution in [3.63, 3.8) is 0 Å². The standard InChI is InChI=1S/C57H94O28S.Na/c1-21(2)17-27(58)20-56(10,69)34-12-11-30-29-19-33(32-18-28(85-86(72,73)74)13-15-54(32,8)31(29)14-16-55(30,34)9)80-51-44(68)48(57(70,71)26(7)79-51)84-53-47(83-50-42(66)39(63)36(60)23(4)76-50)43(67)45(25(6)78-53)81-52-46(40(64)37(61)24(5)77-52)82-49-41(65)38(62)35(59)22(3)75-49;/h14,21-26,28-30,32-53,59-71H,11-13,15-20H2,1-10H3,(H,72,73,74);/q;+1/p-1/t22?,23?,24?,25?,26?,28?,29?,30?,32-,33+,34?,35?,36?,37?,38?,39?,40?,41?,42?,43?,44?,45?,46?,47?,48?,49?,50?,51?,52?,53?,54?,55?,56+;/m1./s1. The minimum absolute atomic E-state index is 0. The summed E-state index contributed by atoms with van der Waals surface area (Å²) in [6.07, 6.45) is -38.6. The third-order valence-electron chi connectivity index (χ3n) is 20.7. The first-order chi connectivity index (χ1) is 39.9. The van der Waals surface area contributed by atoms with Crippen molar-refractivity contribution in [1.29, 1.82) is 0 Å². The second kappa shape index (κ2) is 27.2. The molecule has 13 N–H and O–H groups in total. The van der Waals surface area contributed by atoms with Gasteiger partial charge in [-0.05, 0) is 127 Å². The number of fused-ring (bicyclic) bond motifs is 5. The summed E-state index contributed by atoms with van der Waals surface area (Å²) < 4.78 is 103. The summed E-state index contributed by atoms with van der Waals surface area (Å²) in [5.74, 6) is -4.18. The van der Waals surface area contributed by atoms with E-state index in [2.05, 4.69) is 13.0 Å². The van der Waals surface area contributed by atoms with E-state index in [4.69, 9.17) is 51.6 Å². The van der Waals surface area contributed by atoms with Gasteiger partial charge in [0.2, 0.25) is 16.2 Å². The van der Waals surface area contributed by atoms with Gasteiger partial charge in [0.05, 0.1) is 42.2 Å². The molecule has 30 unspecified atom stereocenters. The first-order valence-corrected chi connectivity index (χ1v) is 31.6. The van der Waals surface area contributed by atoms with E-state index in [1.807, 2.05) is 20.8 Å². The Bertz CT molecular complexity index is 2500. The molecule has 4 aliphatic carbocycles. The zero-order valence-corrected chi connectivity index (χ0v) is 54.0. The van der Waals surface area contributed by atoms with Gasteiger partial charge in [0.25, 0.3) is 0 Å². The van der Waals surface area contributed by atoms with E-state index in [0.29, 0.717) is 32.1 Å². The van der Waals surface area contributed by atoms with E-state index < -0.39 is 198 Å². The molecule has 0 radical (unpaired) electrons. The molecule has 28 nitrogen and oxygen atoms in total. The number of carbonyl (C=O) groups excluding carboxylic acids is 1. The molecular weight excluding hydrogens is 1190 g/mol. The van der Waals surface area contributed by atoms with Gasteiger partial charge in [0.1, 0.15) is 97.3 Å². The number of allylic oxidation sites excluding steroid dienone is 2. The summed E-state index contributed by atoms with van der Waals surface area (Å²) in [5.41, 5.74) is -1.44. The van der Waals surface area contributed by atoms with E-state index >= 15 is 0 Å². The maximum Gasteiger partial charge on any atom is 1.00 e. The number of ether oxygens (including phenoxy) is 10. The third-order valence-corrected chi connectivity index (χ3v) is 21.2. The first-order valence-electron chi connectivity index (χ1n) is 30.3. The number of aliphatic hydroxyl groups excluding tert-OH is 10. The average Bonchev–Trinajstić information content (AvgIpc) is 2.56. The summed E-state index contributed by atoms with van der Waals surface area (Å²) in [6.45, 7) is 16.5. The first kappa shape index (κ1) is 72.2. The minimum Gasteiger partial charge on any atom is -0.726 e. The number of aliphatic hydroxyl groups is 13. The molecule has 0 spiro atoms. The van der Waals surface area contributed by atoms with E-state index in [-0.39, 0.29) is 84.7 Å². The van der Waals surface area contributed by atoms with Gasteiger partial charge in [-0.1, -0.05) is 39.3 Å². The predicted molar refractivity (Wildman–Crippen MR) is 288 cm³/mol. The van der Waals surface area contributed by atoms with Crippen LogP contribution in [0.1, 0.15) is 127 Å². The second-order valence-electron chi connectivity index (χ2n) is 27.3. The predicted octanol–water partition coefficient (Wildman–Crippen LogP) is -5.28. The zero-order valence-electron chi connectivity index (χ0n) is 51.2. The zero-order chi connectivity index (χ0) is 63.4. The topological polar surface area (TPSA) is 439 Å². The van der Waals surface area contributed by atoms with E-state index in [0.717, 1.165) is 5.57 Å². The maximum atomic E-state index is 13.2. The van der Waals surface area contributed by atoms with Gasteiger partial charge in [-0.25, -0.2) is 8.42 Å². The van der Waals surface area contributed by atoms with Crippen molar-refractivity contribution in [2.24, 2.45) is 40.4 Å². The molecule has 9 rings (SSSR count). The summed E-state index contributed by atoms with van der Waals surface area (Å²) >= 11 is 0. The van der Waals surface area contributed by atoms with Crippen LogP contribution in [0, 0.1) is 40.4 Å². The summed E-state index contributed by atoms with van der Waals surface area (Å²) in [7, 11) is -5.16. The van der Waals surface area contributed by atoms with Crippen LogP contribution in [0.15, 0.2) is 11.6 Å². The van der Waals surface area contributed by atoms with Gasteiger partial charge >= 0.3 is 29.6 Å². The molecule has 0 bridgehead atoms. The Labute approximate surface area is 528 Å². The second-order valence-corrected chi connectivity index (χ2v) is 28.3. The average molecular weight is 1280 g/mol. The van der Waals surface area contributed by atoms with Crippen LogP contribution in [0.4, 0.5) is 0 Å². The largest absolute Gasteiger partial charge is 1.00 e. The van der Waals surface area contributed by atoms with Crippen molar-refractivity contribution >= 4 is 16.2 Å². The van der Waals surface area contributed by atoms with Crippen LogP contribution in [0.5, 0.6) is 0 Å². The maximum absolute atomic E-state index is 13.2. The van der Waals surface area contributed by atoms with Gasteiger partial charge in [0, 0.05) is 12.8 Å². The number of hydrogen-bond acceptors (Lipinski definition) is 28. The van der Waals surface area contributed by atoms with Gasteiger partial charge < -0.3 is 118 Å². The third kappa shape index (κ3) is 14.2. The molecule has 8 fully saturated rings. The number of ketones is 1. The smallest absolute Gasteiger partial charge is 0.726 e. The summed E-state index contributed by atoms with van der Waals surface area (Å²) in [5, 5.41) is 148. The van der Waals surface area contributed by atoms with Crippen LogP contribution >= 0.6 is 0 Å². The quantitative estimate of drug-likeness (QED) is 0.0213. The van der Waals surface area contributed by atoms with Crippen molar-refractivity contribution in [3.05, 3.63) is 11.6 Å². The van der Waals surface area contributed by atoms with Gasteiger partial charge in [-0.15, -0.1) is 0 Å². The number of rotatable bonds is 17. The molecule has 0 amide bonds. The van der Waals surface area contributed by atoms with E-state index in [1.165, 1.54) is 34.6 Å². The Balaban J connectivity index is 0.00000982. The molecule has 5 saturated heterocycles.